The molecule has 1 rings (SSSR count). The van der Waals surface area contributed by atoms with Crippen molar-refractivity contribution in [2.45, 2.75) is 76.9 Å². The van der Waals surface area contributed by atoms with Crippen molar-refractivity contribution in [3.8, 4) is 0 Å². The first-order chi connectivity index (χ1) is 10.1. The van der Waals surface area contributed by atoms with E-state index in [9.17, 15) is 4.79 Å². The minimum absolute atomic E-state index is 0.191. The average Bonchev–Trinajstić information content (AvgIpc) is 2.53. The van der Waals surface area contributed by atoms with E-state index in [0.717, 1.165) is 31.8 Å². The highest BCUT2D eigenvalue weighted by molar-refractivity contribution is 5.80. The lowest BCUT2D eigenvalue weighted by molar-refractivity contribution is -0.148. The molecule has 1 aliphatic carbocycles. The molecule has 0 bridgehead atoms. The molecule has 4 nitrogen and oxygen atoms in total. The van der Waals surface area contributed by atoms with Crippen LogP contribution in [0.4, 0.5) is 0 Å². The predicted octanol–water partition coefficient (Wildman–Crippen LogP) is 3.29. The molecule has 3 unspecified atom stereocenters. The van der Waals surface area contributed by atoms with Crippen molar-refractivity contribution < 1.29 is 14.3 Å². The van der Waals surface area contributed by atoms with Crippen LogP contribution in [-0.2, 0) is 14.3 Å². The molecule has 0 heterocycles. The van der Waals surface area contributed by atoms with Gasteiger partial charge in [-0.3, -0.25) is 4.79 Å². The Labute approximate surface area is 130 Å². The molecule has 0 aliphatic heterocycles. The zero-order valence-electron chi connectivity index (χ0n) is 14.2. The Balaban J connectivity index is 2.17. The third kappa shape index (κ3) is 5.95. The highest BCUT2D eigenvalue weighted by Crippen LogP contribution is 2.28. The van der Waals surface area contributed by atoms with Crippen molar-refractivity contribution in [2.75, 3.05) is 20.8 Å². The number of hydrogen-bond acceptors (Lipinski definition) is 4. The summed E-state index contributed by atoms with van der Waals surface area (Å²) in [5.41, 5.74) is -0.576. The third-order valence-corrected chi connectivity index (χ3v) is 4.92. The fraction of sp³-hybridized carbons (Fsp3) is 0.941. The van der Waals surface area contributed by atoms with Gasteiger partial charge in [0.25, 0.3) is 0 Å². The molecule has 0 aromatic carbocycles. The van der Waals surface area contributed by atoms with Crippen molar-refractivity contribution in [2.24, 2.45) is 5.92 Å². The summed E-state index contributed by atoms with van der Waals surface area (Å²) >= 11 is 0. The topological polar surface area (TPSA) is 47.6 Å². The van der Waals surface area contributed by atoms with Gasteiger partial charge in [-0.1, -0.05) is 26.2 Å². The number of unbranched alkanes of at least 4 members (excludes halogenated alkanes) is 1. The lowest BCUT2D eigenvalue weighted by Crippen LogP contribution is -2.48. The number of esters is 1. The maximum absolute atomic E-state index is 11.7. The summed E-state index contributed by atoms with van der Waals surface area (Å²) in [6, 6.07) is 0. The van der Waals surface area contributed by atoms with Crippen LogP contribution in [0.1, 0.15) is 65.2 Å². The van der Waals surface area contributed by atoms with Crippen molar-refractivity contribution in [3.63, 3.8) is 0 Å². The number of methoxy groups -OCH3 is 1. The van der Waals surface area contributed by atoms with E-state index in [0.29, 0.717) is 6.10 Å². The zero-order valence-corrected chi connectivity index (χ0v) is 14.2. The zero-order chi connectivity index (χ0) is 15.7. The van der Waals surface area contributed by atoms with Gasteiger partial charge < -0.3 is 14.8 Å². The Bertz CT molecular complexity index is 308. The van der Waals surface area contributed by atoms with Gasteiger partial charge in [-0.2, -0.15) is 0 Å². The molecule has 0 radical (unpaired) electrons. The van der Waals surface area contributed by atoms with Crippen molar-refractivity contribution in [1.29, 1.82) is 0 Å². The van der Waals surface area contributed by atoms with Gasteiger partial charge in [0.15, 0.2) is 0 Å². The fourth-order valence-corrected chi connectivity index (χ4v) is 3.15. The first-order valence-corrected chi connectivity index (χ1v) is 8.44. The van der Waals surface area contributed by atoms with E-state index in [1.54, 1.807) is 7.05 Å². The predicted molar refractivity (Wildman–Crippen MR) is 85.3 cm³/mol. The van der Waals surface area contributed by atoms with E-state index >= 15 is 0 Å². The van der Waals surface area contributed by atoms with Crippen LogP contribution >= 0.6 is 0 Å². The molecule has 0 amide bonds. The van der Waals surface area contributed by atoms with E-state index in [1.165, 1.54) is 39.2 Å². The van der Waals surface area contributed by atoms with Gasteiger partial charge in [0.1, 0.15) is 5.54 Å². The molecule has 0 spiro atoms. The number of carbonyl (C=O) groups is 1. The van der Waals surface area contributed by atoms with Crippen molar-refractivity contribution in [3.05, 3.63) is 0 Å². The second-order valence-electron chi connectivity index (χ2n) is 6.46. The van der Waals surface area contributed by atoms with Crippen LogP contribution in [0, 0.1) is 5.92 Å². The number of ether oxygens (including phenoxy) is 2. The quantitative estimate of drug-likeness (QED) is 0.524. The van der Waals surface area contributed by atoms with Crippen molar-refractivity contribution >= 4 is 5.97 Å². The minimum atomic E-state index is -0.576. The van der Waals surface area contributed by atoms with Crippen LogP contribution in [0.25, 0.3) is 0 Å². The van der Waals surface area contributed by atoms with Gasteiger partial charge in [-0.25, -0.2) is 0 Å². The summed E-state index contributed by atoms with van der Waals surface area (Å²) in [5.74, 6) is 0.666. The molecule has 3 atom stereocenters. The summed E-state index contributed by atoms with van der Waals surface area (Å²) in [4.78, 5) is 11.7. The SMILES string of the molecule is CCC1CCCC(OCCCCC(C)(NC)C(=O)OC)C1. The normalized spacial score (nSPS) is 25.3. The van der Waals surface area contributed by atoms with Crippen LogP contribution in [0.5, 0.6) is 0 Å². The summed E-state index contributed by atoms with van der Waals surface area (Å²) in [6.45, 7) is 4.98. The van der Waals surface area contributed by atoms with E-state index in [1.807, 2.05) is 6.92 Å². The molecule has 124 valence electrons. The molecule has 4 heteroatoms. The molecule has 0 aromatic heterocycles. The molecule has 0 aromatic rings. The monoisotopic (exact) mass is 299 g/mol. The second-order valence-corrected chi connectivity index (χ2v) is 6.46. The Hall–Kier alpha value is -0.610. The van der Waals surface area contributed by atoms with Gasteiger partial charge >= 0.3 is 5.97 Å². The number of carbonyl (C=O) groups excluding carboxylic acids is 1. The molecule has 1 N–H and O–H groups in total. The largest absolute Gasteiger partial charge is 0.468 e. The van der Waals surface area contributed by atoms with E-state index in [2.05, 4.69) is 12.2 Å². The third-order valence-electron chi connectivity index (χ3n) is 4.92. The summed E-state index contributed by atoms with van der Waals surface area (Å²) in [6.07, 6.45) is 9.61. The number of likely N-dealkylation sites (N-methyl/N-ethyl adjacent to an activating group) is 1. The van der Waals surface area contributed by atoms with Crippen LogP contribution in [0.3, 0.4) is 0 Å². The average molecular weight is 299 g/mol. The Morgan fingerprint density at radius 1 is 1.33 bits per heavy atom. The van der Waals surface area contributed by atoms with Gasteiger partial charge in [0, 0.05) is 6.61 Å². The second kappa shape index (κ2) is 9.42. The van der Waals surface area contributed by atoms with Crippen LogP contribution in [0.2, 0.25) is 0 Å². The first-order valence-electron chi connectivity index (χ1n) is 8.44. The molecule has 1 saturated carbocycles. The van der Waals surface area contributed by atoms with Gasteiger partial charge in [0.2, 0.25) is 0 Å². The van der Waals surface area contributed by atoms with Gasteiger partial charge in [0.05, 0.1) is 13.2 Å². The highest BCUT2D eigenvalue weighted by Gasteiger charge is 2.31. The minimum Gasteiger partial charge on any atom is -0.468 e. The summed E-state index contributed by atoms with van der Waals surface area (Å²) in [7, 11) is 3.24. The van der Waals surface area contributed by atoms with E-state index < -0.39 is 5.54 Å². The lowest BCUT2D eigenvalue weighted by atomic mass is 9.85. The highest BCUT2D eigenvalue weighted by atomic mass is 16.5. The Morgan fingerprint density at radius 3 is 2.71 bits per heavy atom. The molecule has 1 aliphatic rings. The number of nitrogens with one attached hydrogen (secondary N) is 1. The smallest absolute Gasteiger partial charge is 0.325 e. The van der Waals surface area contributed by atoms with Crippen LogP contribution in [-0.4, -0.2) is 38.4 Å². The summed E-state index contributed by atoms with van der Waals surface area (Å²) in [5, 5.41) is 3.07. The van der Waals surface area contributed by atoms with E-state index in [4.69, 9.17) is 9.47 Å². The first kappa shape index (κ1) is 18.4. The number of hydrogen-bond donors (Lipinski definition) is 1. The van der Waals surface area contributed by atoms with Crippen LogP contribution in [0.15, 0.2) is 0 Å². The van der Waals surface area contributed by atoms with Crippen LogP contribution < -0.4 is 5.32 Å². The molecule has 21 heavy (non-hydrogen) atoms. The molecule has 1 fully saturated rings. The number of rotatable bonds is 9. The molecular formula is C17H33NO3. The van der Waals surface area contributed by atoms with E-state index in [-0.39, 0.29) is 5.97 Å². The van der Waals surface area contributed by atoms with Gasteiger partial charge in [-0.15, -0.1) is 0 Å². The molecular weight excluding hydrogens is 266 g/mol. The Morgan fingerprint density at radius 2 is 2.10 bits per heavy atom. The maximum Gasteiger partial charge on any atom is 0.325 e. The molecule has 0 saturated heterocycles. The van der Waals surface area contributed by atoms with Gasteiger partial charge in [-0.05, 0) is 52.0 Å². The lowest BCUT2D eigenvalue weighted by Gasteiger charge is -2.29. The fourth-order valence-electron chi connectivity index (χ4n) is 3.15. The Kier molecular flexibility index (Phi) is 8.27. The van der Waals surface area contributed by atoms with Crippen molar-refractivity contribution in [1.82, 2.24) is 5.32 Å². The standard InChI is InChI=1S/C17H33NO3/c1-5-14-9-8-10-15(13-14)21-12-7-6-11-17(2,18-3)16(19)20-4/h14-15,18H,5-13H2,1-4H3. The summed E-state index contributed by atoms with van der Waals surface area (Å²) < 4.78 is 10.9. The maximum atomic E-state index is 11.7.